The second kappa shape index (κ2) is 7.35. The van der Waals surface area contributed by atoms with E-state index in [0.29, 0.717) is 0 Å². The number of hydrogen-bond donors (Lipinski definition) is 0. The zero-order valence-electron chi connectivity index (χ0n) is 19.3. The summed E-state index contributed by atoms with van der Waals surface area (Å²) in [7, 11) is 0. The smallest absolute Gasteiger partial charge is 0.0622 e. The van der Waals surface area contributed by atoms with Gasteiger partial charge in [0.25, 0.3) is 0 Å². The molecule has 0 bridgehead atoms. The number of aromatic nitrogens is 1. The molecule has 0 spiro atoms. The Morgan fingerprint density at radius 1 is 0.727 bits per heavy atom. The Bertz CT molecular complexity index is 1580. The largest absolute Gasteiger partial charge is 0.309 e. The molecule has 1 aliphatic carbocycles. The third-order valence-electron chi connectivity index (χ3n) is 7.36. The minimum Gasteiger partial charge on any atom is -0.309 e. The van der Waals surface area contributed by atoms with Gasteiger partial charge in [-0.15, -0.1) is 0 Å². The van der Waals surface area contributed by atoms with Crippen LogP contribution in [0.1, 0.15) is 31.9 Å². The van der Waals surface area contributed by atoms with Crippen LogP contribution in [0.15, 0.2) is 115 Å². The predicted molar refractivity (Wildman–Crippen MR) is 141 cm³/mol. The Hall–Kier alpha value is -3.84. The lowest BCUT2D eigenvalue weighted by atomic mass is 9.73. The van der Waals surface area contributed by atoms with Gasteiger partial charge in [-0.3, -0.25) is 0 Å². The molecule has 0 N–H and O–H groups in total. The van der Waals surface area contributed by atoms with Crippen LogP contribution in [0.4, 0.5) is 0 Å². The van der Waals surface area contributed by atoms with Crippen molar-refractivity contribution in [2.45, 2.75) is 26.2 Å². The molecule has 4 aromatic carbocycles. The topological polar surface area (TPSA) is 4.93 Å². The average molecular weight is 426 g/mol. The summed E-state index contributed by atoms with van der Waals surface area (Å²) in [6.07, 6.45) is 6.69. The molecular formula is C32H27N. The highest BCUT2D eigenvalue weighted by molar-refractivity contribution is 6.15. The maximum absolute atomic E-state index is 2.46. The van der Waals surface area contributed by atoms with Gasteiger partial charge in [0.05, 0.1) is 11.0 Å². The highest BCUT2D eigenvalue weighted by atomic mass is 15.0. The van der Waals surface area contributed by atoms with Crippen LogP contribution in [-0.2, 0) is 5.41 Å². The van der Waals surface area contributed by atoms with Crippen molar-refractivity contribution in [3.05, 3.63) is 126 Å². The van der Waals surface area contributed by atoms with Gasteiger partial charge in [-0.1, -0.05) is 91.0 Å². The van der Waals surface area contributed by atoms with Crippen molar-refractivity contribution in [1.29, 1.82) is 0 Å². The summed E-state index contributed by atoms with van der Waals surface area (Å²) in [4.78, 5) is 0. The van der Waals surface area contributed by atoms with Crippen molar-refractivity contribution in [2.75, 3.05) is 0 Å². The second-order valence-electron chi connectivity index (χ2n) is 8.99. The van der Waals surface area contributed by atoms with E-state index in [1.54, 1.807) is 0 Å². The minimum absolute atomic E-state index is 0.195. The van der Waals surface area contributed by atoms with Crippen LogP contribution in [0.5, 0.6) is 0 Å². The number of nitrogens with zero attached hydrogens (tertiary/aromatic N) is 1. The molecule has 0 saturated carbocycles. The molecule has 5 aromatic rings. The van der Waals surface area contributed by atoms with Gasteiger partial charge in [-0.25, -0.2) is 0 Å². The Kier molecular flexibility index (Phi) is 4.41. The predicted octanol–water partition coefficient (Wildman–Crippen LogP) is 8.59. The van der Waals surface area contributed by atoms with Gasteiger partial charge in [-0.2, -0.15) is 0 Å². The van der Waals surface area contributed by atoms with Gasteiger partial charge in [0.1, 0.15) is 0 Å². The molecule has 33 heavy (non-hydrogen) atoms. The van der Waals surface area contributed by atoms with E-state index in [-0.39, 0.29) is 5.41 Å². The molecule has 0 saturated heterocycles. The molecular weight excluding hydrogens is 398 g/mol. The summed E-state index contributed by atoms with van der Waals surface area (Å²) < 4.78 is 2.46. The zero-order valence-corrected chi connectivity index (χ0v) is 19.3. The maximum Gasteiger partial charge on any atom is 0.0622 e. The normalized spacial score (nSPS) is 17.7. The molecule has 1 aromatic heterocycles. The van der Waals surface area contributed by atoms with Crippen LogP contribution in [0.25, 0.3) is 38.6 Å². The summed E-state index contributed by atoms with van der Waals surface area (Å²) >= 11 is 0. The SMILES string of the molecule is C/C=C\C(=C/C)C1(C)c2ccccc2-c2c1ccc1c3ccccc3n(-c3ccccc3)c21. The first-order chi connectivity index (χ1) is 16.2. The fraction of sp³-hybridized carbons (Fsp3) is 0.125. The fourth-order valence-corrected chi connectivity index (χ4v) is 5.92. The Morgan fingerprint density at radius 2 is 1.45 bits per heavy atom. The lowest BCUT2D eigenvalue weighted by Gasteiger charge is -2.29. The van der Waals surface area contributed by atoms with Gasteiger partial charge in [0, 0.05) is 27.4 Å². The minimum atomic E-state index is -0.195. The van der Waals surface area contributed by atoms with Crippen LogP contribution < -0.4 is 0 Å². The Balaban J connectivity index is 1.84. The number of allylic oxidation sites excluding steroid dienone is 4. The molecule has 6 rings (SSSR count). The van der Waals surface area contributed by atoms with Crippen molar-refractivity contribution < 1.29 is 0 Å². The number of fused-ring (bicyclic) bond motifs is 7. The average Bonchev–Trinajstić information content (AvgIpc) is 3.34. The molecule has 1 heteroatoms. The number of rotatable bonds is 3. The number of para-hydroxylation sites is 2. The molecule has 0 radical (unpaired) electrons. The van der Waals surface area contributed by atoms with E-state index in [0.717, 1.165) is 0 Å². The van der Waals surface area contributed by atoms with Crippen LogP contribution in [0, 0.1) is 0 Å². The van der Waals surface area contributed by atoms with Crippen LogP contribution in [-0.4, -0.2) is 4.57 Å². The summed E-state index contributed by atoms with van der Waals surface area (Å²) in [6.45, 7) is 6.64. The first-order valence-corrected chi connectivity index (χ1v) is 11.7. The van der Waals surface area contributed by atoms with Crippen LogP contribution >= 0.6 is 0 Å². The summed E-state index contributed by atoms with van der Waals surface area (Å²) in [5, 5.41) is 2.60. The highest BCUT2D eigenvalue weighted by Crippen LogP contribution is 2.55. The molecule has 1 nitrogen and oxygen atoms in total. The van der Waals surface area contributed by atoms with Gasteiger partial charge in [-0.05, 0) is 61.2 Å². The molecule has 1 atom stereocenters. The maximum atomic E-state index is 2.46. The Labute approximate surface area is 195 Å². The third kappa shape index (κ3) is 2.60. The van der Waals surface area contributed by atoms with Crippen molar-refractivity contribution in [2.24, 2.45) is 0 Å². The molecule has 0 amide bonds. The fourth-order valence-electron chi connectivity index (χ4n) is 5.92. The second-order valence-corrected chi connectivity index (χ2v) is 8.99. The van der Waals surface area contributed by atoms with Crippen molar-refractivity contribution in [3.8, 4) is 16.8 Å². The van der Waals surface area contributed by atoms with Gasteiger partial charge in [0.15, 0.2) is 0 Å². The standard InChI is InChI=1S/C32H27N/c1-4-13-22(5-2)32(3)27-18-11-9-17-26(27)30-28(32)21-20-25-24-16-10-12-19-29(24)33(31(25)30)23-14-7-6-8-15-23/h4-21H,1-3H3/b13-4-,22-5+. The first kappa shape index (κ1) is 19.8. The van der Waals surface area contributed by atoms with E-state index in [9.17, 15) is 0 Å². The van der Waals surface area contributed by atoms with E-state index >= 15 is 0 Å². The van der Waals surface area contributed by atoms with E-state index < -0.39 is 0 Å². The highest BCUT2D eigenvalue weighted by Gasteiger charge is 2.42. The molecule has 0 fully saturated rings. The number of hydrogen-bond acceptors (Lipinski definition) is 0. The molecule has 1 heterocycles. The monoisotopic (exact) mass is 425 g/mol. The van der Waals surface area contributed by atoms with Crippen LogP contribution in [0.3, 0.4) is 0 Å². The molecule has 0 aliphatic heterocycles. The quantitative estimate of drug-likeness (QED) is 0.255. The van der Waals surface area contributed by atoms with E-state index in [1.165, 1.54) is 55.3 Å². The summed E-state index contributed by atoms with van der Waals surface area (Å²) in [5.41, 5.74) is 10.3. The van der Waals surface area contributed by atoms with Crippen molar-refractivity contribution >= 4 is 21.8 Å². The number of benzene rings is 4. The van der Waals surface area contributed by atoms with E-state index in [1.807, 2.05) is 0 Å². The van der Waals surface area contributed by atoms with E-state index in [2.05, 4.69) is 135 Å². The Morgan fingerprint density at radius 3 is 2.24 bits per heavy atom. The molecule has 1 unspecified atom stereocenters. The lowest BCUT2D eigenvalue weighted by Crippen LogP contribution is -2.22. The van der Waals surface area contributed by atoms with Crippen LogP contribution in [0.2, 0.25) is 0 Å². The zero-order chi connectivity index (χ0) is 22.6. The first-order valence-electron chi connectivity index (χ1n) is 11.7. The third-order valence-corrected chi connectivity index (χ3v) is 7.36. The molecule has 1 aliphatic rings. The van der Waals surface area contributed by atoms with Gasteiger partial charge < -0.3 is 4.57 Å². The summed E-state index contributed by atoms with van der Waals surface area (Å²) in [5.74, 6) is 0. The van der Waals surface area contributed by atoms with Gasteiger partial charge >= 0.3 is 0 Å². The lowest BCUT2D eigenvalue weighted by molar-refractivity contribution is 0.711. The summed E-state index contributed by atoms with van der Waals surface area (Å²) in [6, 6.07) is 33.2. The molecule has 160 valence electrons. The van der Waals surface area contributed by atoms with Gasteiger partial charge in [0.2, 0.25) is 0 Å². The van der Waals surface area contributed by atoms with Crippen molar-refractivity contribution in [1.82, 2.24) is 4.57 Å². The van der Waals surface area contributed by atoms with E-state index in [4.69, 9.17) is 0 Å². The van der Waals surface area contributed by atoms with Crippen molar-refractivity contribution in [3.63, 3.8) is 0 Å².